The molecule has 1 saturated heterocycles. The Kier molecular flexibility index (Phi) is 4.08. The highest BCUT2D eigenvalue weighted by Gasteiger charge is 2.24. The Balaban J connectivity index is 2.30. The Labute approximate surface area is 82.7 Å². The lowest BCUT2D eigenvalue weighted by molar-refractivity contribution is -0.146. The molecule has 0 spiro atoms. The molecule has 0 bridgehead atoms. The third-order valence-electron chi connectivity index (χ3n) is 2.07. The number of rotatable bonds is 4. The van der Waals surface area contributed by atoms with E-state index in [1.165, 1.54) is 4.90 Å². The number of piperazine rings is 1. The van der Waals surface area contributed by atoms with E-state index in [0.717, 1.165) is 6.42 Å². The summed E-state index contributed by atoms with van der Waals surface area (Å²) in [7, 11) is 0. The van der Waals surface area contributed by atoms with Crippen LogP contribution in [0.5, 0.6) is 0 Å². The standard InChI is InChI=1S/C9H13N3O2/c10-4-2-1-3-5-12-8(13)6-11-7-9(12)14/h11H,1-3,5-7H2. The molecule has 0 unspecified atom stereocenters. The van der Waals surface area contributed by atoms with Gasteiger partial charge in [-0.2, -0.15) is 5.26 Å². The summed E-state index contributed by atoms with van der Waals surface area (Å²) in [6.07, 6.45) is 1.93. The third-order valence-corrected chi connectivity index (χ3v) is 2.07. The van der Waals surface area contributed by atoms with Gasteiger partial charge in [-0.25, -0.2) is 0 Å². The van der Waals surface area contributed by atoms with Crippen molar-refractivity contribution in [3.8, 4) is 6.07 Å². The zero-order valence-corrected chi connectivity index (χ0v) is 7.95. The lowest BCUT2D eigenvalue weighted by Gasteiger charge is -2.25. The molecule has 1 aliphatic heterocycles. The smallest absolute Gasteiger partial charge is 0.243 e. The summed E-state index contributed by atoms with van der Waals surface area (Å²) in [5.41, 5.74) is 0. The first-order valence-corrected chi connectivity index (χ1v) is 4.66. The van der Waals surface area contributed by atoms with Gasteiger partial charge in [0.15, 0.2) is 0 Å². The predicted octanol–water partition coefficient (Wildman–Crippen LogP) is -0.361. The fourth-order valence-corrected chi connectivity index (χ4v) is 1.33. The van der Waals surface area contributed by atoms with E-state index < -0.39 is 0 Å². The highest BCUT2D eigenvalue weighted by atomic mass is 16.2. The second-order valence-electron chi connectivity index (χ2n) is 3.16. The number of nitriles is 1. The van der Waals surface area contributed by atoms with E-state index in [1.807, 2.05) is 6.07 Å². The summed E-state index contributed by atoms with van der Waals surface area (Å²) < 4.78 is 0. The molecule has 2 amide bonds. The van der Waals surface area contributed by atoms with E-state index >= 15 is 0 Å². The maximum Gasteiger partial charge on any atom is 0.243 e. The van der Waals surface area contributed by atoms with Crippen LogP contribution in [0.2, 0.25) is 0 Å². The number of amides is 2. The fourth-order valence-electron chi connectivity index (χ4n) is 1.33. The summed E-state index contributed by atoms with van der Waals surface area (Å²) in [6.45, 7) is 0.926. The minimum Gasteiger partial charge on any atom is -0.300 e. The van der Waals surface area contributed by atoms with E-state index in [-0.39, 0.29) is 24.9 Å². The van der Waals surface area contributed by atoms with Crippen LogP contribution in [0.15, 0.2) is 0 Å². The number of unbranched alkanes of at least 4 members (excludes halogenated alkanes) is 2. The van der Waals surface area contributed by atoms with Crippen LogP contribution >= 0.6 is 0 Å². The van der Waals surface area contributed by atoms with Gasteiger partial charge in [0, 0.05) is 13.0 Å². The monoisotopic (exact) mass is 195 g/mol. The number of nitrogens with one attached hydrogen (secondary N) is 1. The van der Waals surface area contributed by atoms with Crippen LogP contribution in [0.3, 0.4) is 0 Å². The maximum atomic E-state index is 11.2. The molecule has 0 aliphatic carbocycles. The summed E-state index contributed by atoms with van der Waals surface area (Å²) >= 11 is 0. The molecule has 0 atom stereocenters. The largest absolute Gasteiger partial charge is 0.300 e. The molecule has 0 aromatic heterocycles. The summed E-state index contributed by atoms with van der Waals surface area (Å²) in [5.74, 6) is -0.337. The molecule has 76 valence electrons. The van der Waals surface area contributed by atoms with Crippen LogP contribution < -0.4 is 5.32 Å². The van der Waals surface area contributed by atoms with Gasteiger partial charge in [0.25, 0.3) is 0 Å². The highest BCUT2D eigenvalue weighted by Crippen LogP contribution is 2.01. The summed E-state index contributed by atoms with van der Waals surface area (Å²) in [6, 6.07) is 2.03. The molecule has 5 heteroatoms. The second kappa shape index (κ2) is 5.35. The zero-order chi connectivity index (χ0) is 10.4. The SMILES string of the molecule is N#CCCCCN1C(=O)CNCC1=O. The third kappa shape index (κ3) is 2.82. The Morgan fingerprint density at radius 3 is 2.50 bits per heavy atom. The van der Waals surface area contributed by atoms with Crippen molar-refractivity contribution >= 4 is 11.8 Å². The van der Waals surface area contributed by atoms with Gasteiger partial charge < -0.3 is 0 Å². The van der Waals surface area contributed by atoms with Gasteiger partial charge in [0.2, 0.25) is 11.8 Å². The van der Waals surface area contributed by atoms with Gasteiger partial charge in [0.05, 0.1) is 19.2 Å². The van der Waals surface area contributed by atoms with Crippen LogP contribution in [0.4, 0.5) is 0 Å². The molecule has 0 saturated carbocycles. The van der Waals surface area contributed by atoms with E-state index in [1.54, 1.807) is 0 Å². The molecule has 1 aliphatic rings. The number of imide groups is 1. The molecule has 14 heavy (non-hydrogen) atoms. The molecule has 1 N–H and O–H groups in total. The lowest BCUT2D eigenvalue weighted by Crippen LogP contribution is -2.52. The van der Waals surface area contributed by atoms with Crippen molar-refractivity contribution in [2.75, 3.05) is 19.6 Å². The first kappa shape index (κ1) is 10.7. The van der Waals surface area contributed by atoms with Crippen LogP contribution in [0.1, 0.15) is 19.3 Å². The second-order valence-corrected chi connectivity index (χ2v) is 3.16. The van der Waals surface area contributed by atoms with Crippen LogP contribution in [0, 0.1) is 11.3 Å². The van der Waals surface area contributed by atoms with Crippen LogP contribution in [-0.4, -0.2) is 36.3 Å². The van der Waals surface area contributed by atoms with Gasteiger partial charge in [-0.1, -0.05) is 0 Å². The number of carbonyl (C=O) groups is 2. The topological polar surface area (TPSA) is 73.2 Å². The van der Waals surface area contributed by atoms with Gasteiger partial charge in [-0.05, 0) is 12.8 Å². The molecule has 1 fully saturated rings. The Hall–Kier alpha value is -1.41. The van der Waals surface area contributed by atoms with E-state index in [0.29, 0.717) is 19.4 Å². The average molecular weight is 195 g/mol. The Bertz CT molecular complexity index is 254. The molecule has 1 heterocycles. The fraction of sp³-hybridized carbons (Fsp3) is 0.667. The first-order chi connectivity index (χ1) is 6.75. The minimum absolute atomic E-state index is 0.168. The predicted molar refractivity (Wildman–Crippen MR) is 49.1 cm³/mol. The first-order valence-electron chi connectivity index (χ1n) is 4.66. The van der Waals surface area contributed by atoms with Gasteiger partial charge in [0.1, 0.15) is 0 Å². The number of nitrogens with zero attached hydrogens (tertiary/aromatic N) is 2. The van der Waals surface area contributed by atoms with Crippen molar-refractivity contribution in [1.29, 1.82) is 5.26 Å². The van der Waals surface area contributed by atoms with E-state index in [4.69, 9.17) is 5.26 Å². The van der Waals surface area contributed by atoms with Crippen molar-refractivity contribution < 1.29 is 9.59 Å². The Morgan fingerprint density at radius 1 is 1.29 bits per heavy atom. The van der Waals surface area contributed by atoms with Crippen LogP contribution in [0.25, 0.3) is 0 Å². The lowest BCUT2D eigenvalue weighted by atomic mass is 10.2. The minimum atomic E-state index is -0.168. The molecule has 1 rings (SSSR count). The molecular weight excluding hydrogens is 182 g/mol. The summed E-state index contributed by atoms with van der Waals surface area (Å²) in [5, 5.41) is 11.0. The van der Waals surface area contributed by atoms with Crippen LogP contribution in [-0.2, 0) is 9.59 Å². The van der Waals surface area contributed by atoms with Crippen molar-refractivity contribution in [3.63, 3.8) is 0 Å². The average Bonchev–Trinajstić information content (AvgIpc) is 2.16. The zero-order valence-electron chi connectivity index (χ0n) is 7.95. The number of hydrogen-bond donors (Lipinski definition) is 1. The van der Waals surface area contributed by atoms with Crippen molar-refractivity contribution in [2.24, 2.45) is 0 Å². The quantitative estimate of drug-likeness (QED) is 0.491. The molecule has 5 nitrogen and oxygen atoms in total. The van der Waals surface area contributed by atoms with Crippen molar-refractivity contribution in [2.45, 2.75) is 19.3 Å². The summed E-state index contributed by atoms with van der Waals surface area (Å²) in [4.78, 5) is 23.8. The molecule has 0 aromatic rings. The van der Waals surface area contributed by atoms with E-state index in [2.05, 4.69) is 5.32 Å². The molecule has 0 aromatic carbocycles. The Morgan fingerprint density at radius 2 is 1.93 bits per heavy atom. The van der Waals surface area contributed by atoms with E-state index in [9.17, 15) is 9.59 Å². The van der Waals surface area contributed by atoms with Crippen molar-refractivity contribution in [3.05, 3.63) is 0 Å². The number of carbonyl (C=O) groups excluding carboxylic acids is 2. The molecule has 0 radical (unpaired) electrons. The van der Waals surface area contributed by atoms with Gasteiger partial charge >= 0.3 is 0 Å². The molecular formula is C9H13N3O2. The number of hydrogen-bond acceptors (Lipinski definition) is 4. The van der Waals surface area contributed by atoms with Gasteiger partial charge in [-0.3, -0.25) is 19.8 Å². The van der Waals surface area contributed by atoms with Crippen molar-refractivity contribution in [1.82, 2.24) is 10.2 Å². The van der Waals surface area contributed by atoms with Gasteiger partial charge in [-0.15, -0.1) is 0 Å². The highest BCUT2D eigenvalue weighted by molar-refractivity contribution is 5.99. The maximum absolute atomic E-state index is 11.2. The normalized spacial score (nSPS) is 16.9.